The predicted molar refractivity (Wildman–Crippen MR) is 51.0 cm³/mol. The first-order valence-electron chi connectivity index (χ1n) is 3.91. The molecule has 1 aliphatic heterocycles. The van der Waals surface area contributed by atoms with Crippen LogP contribution in [-0.4, -0.2) is 34.1 Å². The van der Waals surface area contributed by atoms with Crippen molar-refractivity contribution in [1.29, 1.82) is 0 Å². The number of rotatable bonds is 3. The zero-order valence-corrected chi connectivity index (χ0v) is 9.33. The van der Waals surface area contributed by atoms with Gasteiger partial charge in [-0.05, 0) is 18.8 Å². The summed E-state index contributed by atoms with van der Waals surface area (Å²) < 4.78 is 43.1. The lowest BCUT2D eigenvalue weighted by atomic mass is 10.1. The molecule has 0 saturated carbocycles. The van der Waals surface area contributed by atoms with Crippen LogP contribution < -0.4 is 0 Å². The average molecular weight is 247 g/mol. The van der Waals surface area contributed by atoms with E-state index in [0.717, 1.165) is 0 Å². The van der Waals surface area contributed by atoms with Crippen LogP contribution in [0.5, 0.6) is 0 Å². The fourth-order valence-corrected chi connectivity index (χ4v) is 4.20. The van der Waals surface area contributed by atoms with Crippen LogP contribution in [0.3, 0.4) is 0 Å². The van der Waals surface area contributed by atoms with Crippen molar-refractivity contribution < 1.29 is 16.8 Å². The van der Waals surface area contributed by atoms with E-state index in [1.807, 2.05) is 0 Å². The van der Waals surface area contributed by atoms with Crippen LogP contribution in [0.25, 0.3) is 0 Å². The van der Waals surface area contributed by atoms with Gasteiger partial charge in [-0.25, -0.2) is 16.8 Å². The van der Waals surface area contributed by atoms with Crippen LogP contribution in [0, 0.1) is 5.92 Å². The molecule has 1 saturated heterocycles. The highest BCUT2D eigenvalue weighted by Gasteiger charge is 2.28. The summed E-state index contributed by atoms with van der Waals surface area (Å²) >= 11 is 0. The van der Waals surface area contributed by atoms with E-state index in [4.69, 9.17) is 10.7 Å². The molecule has 1 aliphatic rings. The first-order valence-corrected chi connectivity index (χ1v) is 8.21. The molecule has 78 valence electrons. The van der Waals surface area contributed by atoms with Gasteiger partial charge in [0.1, 0.15) is 0 Å². The average Bonchev–Trinajstić information content (AvgIpc) is 2.24. The molecule has 0 amide bonds. The summed E-state index contributed by atoms with van der Waals surface area (Å²) in [6.45, 7) is 0. The van der Waals surface area contributed by atoms with Gasteiger partial charge in [0.25, 0.3) is 0 Å². The Kier molecular flexibility index (Phi) is 3.24. The smallest absolute Gasteiger partial charge is 0.229 e. The second-order valence-corrected chi connectivity index (χ2v) is 8.43. The molecule has 0 radical (unpaired) electrons. The molecule has 0 aliphatic carbocycles. The molecule has 7 heteroatoms. The highest BCUT2D eigenvalue weighted by atomic mass is 35.7. The van der Waals surface area contributed by atoms with Crippen LogP contribution in [0.4, 0.5) is 0 Å². The Hall–Kier alpha value is 0.190. The van der Waals surface area contributed by atoms with Gasteiger partial charge in [0.2, 0.25) is 9.05 Å². The lowest BCUT2D eigenvalue weighted by Gasteiger charge is -2.03. The Morgan fingerprint density at radius 1 is 1.38 bits per heavy atom. The third-order valence-corrected chi connectivity index (χ3v) is 5.12. The summed E-state index contributed by atoms with van der Waals surface area (Å²) in [6.07, 6.45) is 0.916. The highest BCUT2D eigenvalue weighted by Crippen LogP contribution is 2.22. The van der Waals surface area contributed by atoms with E-state index >= 15 is 0 Å². The van der Waals surface area contributed by atoms with Crippen molar-refractivity contribution in [3.63, 3.8) is 0 Å². The Labute approximate surface area is 82.6 Å². The van der Waals surface area contributed by atoms with Crippen LogP contribution in [0.15, 0.2) is 0 Å². The zero-order valence-electron chi connectivity index (χ0n) is 6.94. The van der Waals surface area contributed by atoms with E-state index in [9.17, 15) is 16.8 Å². The number of halogens is 1. The minimum atomic E-state index is -3.47. The van der Waals surface area contributed by atoms with Gasteiger partial charge in [0.15, 0.2) is 9.84 Å². The Morgan fingerprint density at radius 2 is 2.00 bits per heavy atom. The van der Waals surface area contributed by atoms with E-state index in [-0.39, 0.29) is 23.2 Å². The van der Waals surface area contributed by atoms with E-state index < -0.39 is 18.9 Å². The van der Waals surface area contributed by atoms with Crippen molar-refractivity contribution >= 4 is 29.6 Å². The summed E-state index contributed by atoms with van der Waals surface area (Å²) in [4.78, 5) is 0. The first kappa shape index (κ1) is 11.3. The summed E-state index contributed by atoms with van der Waals surface area (Å²) in [6, 6.07) is 0. The molecule has 4 nitrogen and oxygen atoms in total. The van der Waals surface area contributed by atoms with Gasteiger partial charge in [-0.15, -0.1) is 0 Å². The Balaban J connectivity index is 2.42. The fraction of sp³-hybridized carbons (Fsp3) is 1.00. The predicted octanol–water partition coefficient (Wildman–Crippen LogP) is 0.380. The van der Waals surface area contributed by atoms with Gasteiger partial charge in [0.05, 0.1) is 17.3 Å². The fourth-order valence-electron chi connectivity index (χ4n) is 1.41. The largest absolute Gasteiger partial charge is 0.232 e. The molecular weight excluding hydrogens is 236 g/mol. The molecule has 0 aromatic heterocycles. The van der Waals surface area contributed by atoms with Crippen LogP contribution in [-0.2, 0) is 18.9 Å². The molecular formula is C6H11ClO4S2. The lowest BCUT2D eigenvalue weighted by molar-refractivity contribution is 0.557. The summed E-state index contributed by atoms with van der Waals surface area (Å²) in [5.41, 5.74) is 0. The third kappa shape index (κ3) is 4.28. The molecule has 0 aromatic rings. The maximum Gasteiger partial charge on any atom is 0.232 e. The van der Waals surface area contributed by atoms with Crippen LogP contribution in [0.2, 0.25) is 0 Å². The lowest BCUT2D eigenvalue weighted by Crippen LogP contribution is -2.09. The molecule has 0 bridgehead atoms. The Morgan fingerprint density at radius 3 is 2.38 bits per heavy atom. The monoisotopic (exact) mass is 246 g/mol. The normalized spacial score (nSPS) is 27.6. The summed E-state index contributed by atoms with van der Waals surface area (Å²) in [7, 11) is -1.37. The molecule has 1 heterocycles. The first-order chi connectivity index (χ1) is 5.79. The van der Waals surface area contributed by atoms with Crippen molar-refractivity contribution in [2.75, 3.05) is 17.3 Å². The van der Waals surface area contributed by atoms with Crippen LogP contribution in [0.1, 0.15) is 12.8 Å². The maximum atomic E-state index is 11.0. The molecule has 0 unspecified atom stereocenters. The second kappa shape index (κ2) is 3.74. The topological polar surface area (TPSA) is 68.3 Å². The molecule has 1 atom stereocenters. The van der Waals surface area contributed by atoms with Crippen molar-refractivity contribution in [2.45, 2.75) is 12.8 Å². The summed E-state index contributed by atoms with van der Waals surface area (Å²) in [5.74, 6) is 0.132. The van der Waals surface area contributed by atoms with E-state index in [0.29, 0.717) is 12.8 Å². The van der Waals surface area contributed by atoms with Crippen molar-refractivity contribution in [1.82, 2.24) is 0 Å². The maximum absolute atomic E-state index is 11.0. The molecule has 13 heavy (non-hydrogen) atoms. The van der Waals surface area contributed by atoms with Gasteiger partial charge >= 0.3 is 0 Å². The van der Waals surface area contributed by atoms with Gasteiger partial charge in [0, 0.05) is 10.7 Å². The minimum absolute atomic E-state index is 0.0291. The second-order valence-electron chi connectivity index (χ2n) is 3.30. The van der Waals surface area contributed by atoms with Crippen molar-refractivity contribution in [2.24, 2.45) is 5.92 Å². The Bertz CT molecular complexity index is 369. The molecule has 1 fully saturated rings. The molecule has 0 spiro atoms. The number of sulfone groups is 1. The highest BCUT2D eigenvalue weighted by molar-refractivity contribution is 8.13. The number of hydrogen-bond donors (Lipinski definition) is 0. The number of hydrogen-bond acceptors (Lipinski definition) is 4. The standard InChI is InChI=1S/C6H11ClO4S2/c7-13(10,11)4-2-6-1-3-12(8,9)5-6/h6H,1-5H2/t6-/m1/s1. The summed E-state index contributed by atoms with van der Waals surface area (Å²) in [5, 5.41) is 0. The van der Waals surface area contributed by atoms with Gasteiger partial charge < -0.3 is 0 Å². The van der Waals surface area contributed by atoms with E-state index in [1.54, 1.807) is 0 Å². The van der Waals surface area contributed by atoms with Crippen molar-refractivity contribution in [3.05, 3.63) is 0 Å². The SMILES string of the molecule is O=S(=O)(Cl)CC[C@H]1CCS(=O)(=O)C1. The van der Waals surface area contributed by atoms with Crippen LogP contribution >= 0.6 is 10.7 Å². The quantitative estimate of drug-likeness (QED) is 0.676. The minimum Gasteiger partial charge on any atom is -0.229 e. The van der Waals surface area contributed by atoms with Gasteiger partial charge in [-0.1, -0.05) is 0 Å². The molecule has 1 rings (SSSR count). The van der Waals surface area contributed by atoms with E-state index in [2.05, 4.69) is 0 Å². The van der Waals surface area contributed by atoms with Gasteiger partial charge in [-0.3, -0.25) is 0 Å². The van der Waals surface area contributed by atoms with Gasteiger partial charge in [-0.2, -0.15) is 0 Å². The zero-order chi connectivity index (χ0) is 10.1. The molecule has 0 N–H and O–H groups in total. The van der Waals surface area contributed by atoms with Crippen molar-refractivity contribution in [3.8, 4) is 0 Å². The molecule has 0 aromatic carbocycles. The van der Waals surface area contributed by atoms with E-state index in [1.165, 1.54) is 0 Å². The third-order valence-electron chi connectivity index (χ3n) is 2.10.